The fourth-order valence-corrected chi connectivity index (χ4v) is 3.42. The fourth-order valence-electron chi connectivity index (χ4n) is 2.39. The van der Waals surface area contributed by atoms with Crippen LogP contribution >= 0.6 is 23.4 Å². The molecule has 2 amide bonds. The number of esters is 1. The molecular formula is C19H15ClN2O4S. The van der Waals surface area contributed by atoms with Gasteiger partial charge in [-0.05, 0) is 53.7 Å². The van der Waals surface area contributed by atoms with Crippen molar-refractivity contribution in [1.29, 1.82) is 0 Å². The van der Waals surface area contributed by atoms with Gasteiger partial charge in [0, 0.05) is 10.7 Å². The molecule has 3 rings (SSSR count). The Hall–Kier alpha value is -2.77. The summed E-state index contributed by atoms with van der Waals surface area (Å²) < 4.78 is 4.65. The molecular weight excluding hydrogens is 388 g/mol. The first-order valence-electron chi connectivity index (χ1n) is 7.91. The number of methoxy groups -OCH3 is 1. The largest absolute Gasteiger partial charge is 0.465 e. The van der Waals surface area contributed by atoms with E-state index >= 15 is 0 Å². The summed E-state index contributed by atoms with van der Waals surface area (Å²) in [5.41, 5.74) is 1.83. The number of carbonyl (C=O) groups excluding carboxylic acids is 3. The van der Waals surface area contributed by atoms with E-state index in [0.29, 0.717) is 26.7 Å². The van der Waals surface area contributed by atoms with Crippen molar-refractivity contribution in [2.24, 2.45) is 0 Å². The summed E-state index contributed by atoms with van der Waals surface area (Å²) in [4.78, 5) is 37.6. The molecule has 1 N–H and O–H groups in total. The summed E-state index contributed by atoms with van der Waals surface area (Å²) in [5, 5.41) is 3.21. The summed E-state index contributed by atoms with van der Waals surface area (Å²) in [5.74, 6) is -0.814. The molecule has 0 aromatic heterocycles. The highest BCUT2D eigenvalue weighted by Crippen LogP contribution is 2.32. The van der Waals surface area contributed by atoms with Crippen LogP contribution in [-0.2, 0) is 9.53 Å². The fraction of sp³-hybridized carbons (Fsp3) is 0.105. The molecule has 1 aliphatic heterocycles. The van der Waals surface area contributed by atoms with E-state index in [9.17, 15) is 14.4 Å². The van der Waals surface area contributed by atoms with Crippen molar-refractivity contribution in [2.75, 3.05) is 19.1 Å². The molecule has 6 nitrogen and oxygen atoms in total. The van der Waals surface area contributed by atoms with Crippen LogP contribution in [0.25, 0.3) is 6.08 Å². The zero-order chi connectivity index (χ0) is 19.4. The Kier molecular flexibility index (Phi) is 5.83. The normalized spacial score (nSPS) is 15.3. The molecule has 0 saturated carbocycles. The Morgan fingerprint density at radius 1 is 1.22 bits per heavy atom. The van der Waals surface area contributed by atoms with Crippen LogP contribution in [0.1, 0.15) is 15.9 Å². The zero-order valence-electron chi connectivity index (χ0n) is 14.3. The van der Waals surface area contributed by atoms with E-state index < -0.39 is 5.97 Å². The van der Waals surface area contributed by atoms with Gasteiger partial charge < -0.3 is 10.1 Å². The van der Waals surface area contributed by atoms with Crippen molar-refractivity contribution >= 4 is 52.2 Å². The van der Waals surface area contributed by atoms with Crippen LogP contribution in [0.5, 0.6) is 0 Å². The minimum absolute atomic E-state index is 0.0453. The van der Waals surface area contributed by atoms with Crippen molar-refractivity contribution in [1.82, 2.24) is 4.90 Å². The molecule has 1 saturated heterocycles. The number of ether oxygens (including phenoxy) is 1. The van der Waals surface area contributed by atoms with Crippen LogP contribution in [0.4, 0.5) is 10.5 Å². The third-order valence-corrected chi connectivity index (χ3v) is 4.91. The molecule has 0 atom stereocenters. The van der Waals surface area contributed by atoms with Crippen LogP contribution in [0, 0.1) is 0 Å². The lowest BCUT2D eigenvalue weighted by Crippen LogP contribution is -2.33. The first kappa shape index (κ1) is 19.0. The van der Waals surface area contributed by atoms with Gasteiger partial charge in [0.2, 0.25) is 0 Å². The number of halogens is 1. The van der Waals surface area contributed by atoms with Crippen molar-refractivity contribution in [3.63, 3.8) is 0 Å². The van der Waals surface area contributed by atoms with Crippen LogP contribution in [0.2, 0.25) is 5.02 Å². The number of rotatable bonds is 5. The second kappa shape index (κ2) is 8.28. The summed E-state index contributed by atoms with van der Waals surface area (Å²) in [6.45, 7) is 0.0453. The van der Waals surface area contributed by atoms with E-state index in [2.05, 4.69) is 10.1 Å². The minimum atomic E-state index is -0.436. The number of nitrogens with zero attached hydrogens (tertiary/aromatic N) is 1. The van der Waals surface area contributed by atoms with Crippen LogP contribution in [0.15, 0.2) is 53.4 Å². The molecule has 0 aliphatic carbocycles. The minimum Gasteiger partial charge on any atom is -0.465 e. The maximum Gasteiger partial charge on any atom is 0.337 e. The number of anilines is 1. The number of amides is 2. The predicted octanol–water partition coefficient (Wildman–Crippen LogP) is 4.23. The van der Waals surface area contributed by atoms with E-state index in [-0.39, 0.29) is 17.8 Å². The Balaban J connectivity index is 1.69. The highest BCUT2D eigenvalue weighted by molar-refractivity contribution is 8.18. The third kappa shape index (κ3) is 4.50. The molecule has 1 aliphatic rings. The van der Waals surface area contributed by atoms with Gasteiger partial charge >= 0.3 is 5.97 Å². The standard InChI is InChI=1S/C19H15ClN2O4S/c1-26-18(24)13-7-5-12(6-8-13)9-16-17(23)22(19(25)27-16)11-21-15-4-2-3-14(20)10-15/h2-10,21H,11H2,1H3/b16-9+. The highest BCUT2D eigenvalue weighted by Gasteiger charge is 2.34. The Morgan fingerprint density at radius 3 is 2.63 bits per heavy atom. The smallest absolute Gasteiger partial charge is 0.337 e. The molecule has 0 unspecified atom stereocenters. The topological polar surface area (TPSA) is 75.7 Å². The van der Waals surface area contributed by atoms with Gasteiger partial charge in [-0.2, -0.15) is 0 Å². The first-order chi connectivity index (χ1) is 13.0. The molecule has 0 spiro atoms. The van der Waals surface area contributed by atoms with Crippen molar-refractivity contribution < 1.29 is 19.1 Å². The Morgan fingerprint density at radius 2 is 1.96 bits per heavy atom. The number of nitrogens with one attached hydrogen (secondary N) is 1. The maximum absolute atomic E-state index is 12.5. The van der Waals surface area contributed by atoms with Gasteiger partial charge in [0.25, 0.3) is 11.1 Å². The summed E-state index contributed by atoms with van der Waals surface area (Å²) >= 11 is 6.79. The van der Waals surface area contributed by atoms with Crippen LogP contribution in [-0.4, -0.2) is 35.8 Å². The quantitative estimate of drug-likeness (QED) is 0.595. The van der Waals surface area contributed by atoms with E-state index in [1.165, 1.54) is 7.11 Å². The average molecular weight is 403 g/mol. The second-order valence-electron chi connectivity index (χ2n) is 5.57. The molecule has 0 radical (unpaired) electrons. The maximum atomic E-state index is 12.5. The lowest BCUT2D eigenvalue weighted by Gasteiger charge is -2.14. The molecule has 2 aromatic carbocycles. The Labute approximate surface area is 165 Å². The van der Waals surface area contributed by atoms with Gasteiger partial charge in [-0.25, -0.2) is 4.79 Å². The first-order valence-corrected chi connectivity index (χ1v) is 9.10. The zero-order valence-corrected chi connectivity index (χ0v) is 15.8. The summed E-state index contributed by atoms with van der Waals surface area (Å²) in [6, 6.07) is 13.6. The number of hydrogen-bond donors (Lipinski definition) is 1. The van der Waals surface area contributed by atoms with Gasteiger partial charge in [0.15, 0.2) is 0 Å². The van der Waals surface area contributed by atoms with E-state index in [1.54, 1.807) is 54.6 Å². The Bertz CT molecular complexity index is 928. The van der Waals surface area contributed by atoms with E-state index in [1.807, 2.05) is 0 Å². The van der Waals surface area contributed by atoms with Gasteiger partial charge in [0.1, 0.15) is 0 Å². The lowest BCUT2D eigenvalue weighted by atomic mass is 10.1. The SMILES string of the molecule is COC(=O)c1ccc(/C=C2/SC(=O)N(CNc3cccc(Cl)c3)C2=O)cc1. The number of thioether (sulfide) groups is 1. The van der Waals surface area contributed by atoms with Crippen LogP contribution in [0.3, 0.4) is 0 Å². The predicted molar refractivity (Wildman–Crippen MR) is 106 cm³/mol. The van der Waals surface area contributed by atoms with Gasteiger partial charge in [-0.15, -0.1) is 0 Å². The molecule has 138 valence electrons. The van der Waals surface area contributed by atoms with Crippen LogP contribution < -0.4 is 5.32 Å². The molecule has 1 heterocycles. The van der Waals surface area contributed by atoms with Crippen molar-refractivity contribution in [3.8, 4) is 0 Å². The van der Waals surface area contributed by atoms with E-state index in [4.69, 9.17) is 11.6 Å². The van der Waals surface area contributed by atoms with E-state index in [0.717, 1.165) is 16.7 Å². The van der Waals surface area contributed by atoms with Gasteiger partial charge in [-0.3, -0.25) is 14.5 Å². The highest BCUT2D eigenvalue weighted by atomic mass is 35.5. The second-order valence-corrected chi connectivity index (χ2v) is 7.00. The molecule has 27 heavy (non-hydrogen) atoms. The lowest BCUT2D eigenvalue weighted by molar-refractivity contribution is -0.122. The number of carbonyl (C=O) groups is 3. The average Bonchev–Trinajstić information content (AvgIpc) is 2.93. The molecule has 2 aromatic rings. The molecule has 0 bridgehead atoms. The summed E-state index contributed by atoms with van der Waals surface area (Å²) in [7, 11) is 1.31. The monoisotopic (exact) mass is 402 g/mol. The van der Waals surface area contributed by atoms with Crippen molar-refractivity contribution in [2.45, 2.75) is 0 Å². The van der Waals surface area contributed by atoms with Crippen molar-refractivity contribution in [3.05, 3.63) is 69.6 Å². The number of imide groups is 1. The van der Waals surface area contributed by atoms with Gasteiger partial charge in [0.05, 0.1) is 24.2 Å². The third-order valence-electron chi connectivity index (χ3n) is 3.77. The molecule has 1 fully saturated rings. The number of benzene rings is 2. The van der Waals surface area contributed by atoms with Gasteiger partial charge in [-0.1, -0.05) is 29.8 Å². The summed E-state index contributed by atoms with van der Waals surface area (Å²) in [6.07, 6.45) is 1.62. The molecule has 8 heteroatoms. The number of hydrogen-bond acceptors (Lipinski definition) is 6.